The normalized spacial score (nSPS) is 26.6. The summed E-state index contributed by atoms with van der Waals surface area (Å²) in [5.41, 5.74) is 5.05. The van der Waals surface area contributed by atoms with Crippen LogP contribution in [0.15, 0.2) is 59.5 Å². The Morgan fingerprint density at radius 1 is 1.35 bits per heavy atom. The van der Waals surface area contributed by atoms with Crippen LogP contribution < -0.4 is 5.32 Å². The van der Waals surface area contributed by atoms with E-state index in [-0.39, 0.29) is 0 Å². The van der Waals surface area contributed by atoms with Gasteiger partial charge in [0.1, 0.15) is 0 Å². The lowest BCUT2D eigenvalue weighted by Gasteiger charge is -2.28. The number of hydrogen-bond acceptors (Lipinski definition) is 1. The summed E-state index contributed by atoms with van der Waals surface area (Å²) in [5.74, 6) is 1.09. The lowest BCUT2D eigenvalue weighted by molar-refractivity contribution is 0.570. The first kappa shape index (κ1) is 12.0. The van der Waals surface area contributed by atoms with Crippen molar-refractivity contribution in [3.63, 3.8) is 0 Å². The van der Waals surface area contributed by atoms with Crippen LogP contribution in [0.2, 0.25) is 0 Å². The Morgan fingerprint density at radius 2 is 2.12 bits per heavy atom. The minimum atomic E-state index is 0.511. The fraction of sp³-hybridized carbons (Fsp3) is 0.375. The number of allylic oxidation sites excluding steroid dienone is 8. The molecule has 2 aliphatic carbocycles. The van der Waals surface area contributed by atoms with Crippen molar-refractivity contribution in [3.8, 4) is 0 Å². The van der Waals surface area contributed by atoms with Crippen molar-refractivity contribution in [2.75, 3.05) is 0 Å². The zero-order chi connectivity index (χ0) is 12.4. The standard InChI is InChI=1S/C16H21N/c1-5-13-8-12(4)16-10-15(17-11(2)3)7-6-14(16)9-13/h6-10,12,16-17H,2,5H2,1,3-4H3. The highest BCUT2D eigenvalue weighted by molar-refractivity contribution is 5.45. The van der Waals surface area contributed by atoms with Crippen LogP contribution in [-0.4, -0.2) is 0 Å². The SMILES string of the molecule is C=C(C)NC1=CC2C(=CC(CC)=CC2C)C=C1. The van der Waals surface area contributed by atoms with Gasteiger partial charge in [-0.2, -0.15) is 0 Å². The number of hydrogen-bond donors (Lipinski definition) is 1. The third-order valence-electron chi connectivity index (χ3n) is 3.36. The van der Waals surface area contributed by atoms with Crippen molar-refractivity contribution < 1.29 is 0 Å². The summed E-state index contributed by atoms with van der Waals surface area (Å²) in [6.07, 6.45) is 12.5. The summed E-state index contributed by atoms with van der Waals surface area (Å²) in [6.45, 7) is 10.4. The molecule has 17 heavy (non-hydrogen) atoms. The Labute approximate surface area is 104 Å². The van der Waals surface area contributed by atoms with Crippen LogP contribution in [0, 0.1) is 11.8 Å². The van der Waals surface area contributed by atoms with Gasteiger partial charge in [-0.1, -0.05) is 50.3 Å². The highest BCUT2D eigenvalue weighted by Gasteiger charge is 2.23. The second kappa shape index (κ2) is 4.79. The van der Waals surface area contributed by atoms with Crippen LogP contribution >= 0.6 is 0 Å². The zero-order valence-electron chi connectivity index (χ0n) is 11.0. The molecular weight excluding hydrogens is 206 g/mol. The predicted octanol–water partition coefficient (Wildman–Crippen LogP) is 4.09. The minimum Gasteiger partial charge on any atom is -0.360 e. The molecule has 0 radical (unpaired) electrons. The van der Waals surface area contributed by atoms with Crippen LogP contribution in [-0.2, 0) is 0 Å². The van der Waals surface area contributed by atoms with Gasteiger partial charge in [0, 0.05) is 17.3 Å². The lowest BCUT2D eigenvalue weighted by atomic mass is 9.78. The second-order valence-electron chi connectivity index (χ2n) is 4.99. The summed E-state index contributed by atoms with van der Waals surface area (Å²) in [6, 6.07) is 0. The first-order valence-corrected chi connectivity index (χ1v) is 6.35. The summed E-state index contributed by atoms with van der Waals surface area (Å²) in [5, 5.41) is 3.29. The quantitative estimate of drug-likeness (QED) is 0.765. The van der Waals surface area contributed by atoms with E-state index in [0.717, 1.165) is 12.1 Å². The third-order valence-corrected chi connectivity index (χ3v) is 3.36. The molecule has 0 amide bonds. The Morgan fingerprint density at radius 3 is 2.76 bits per heavy atom. The molecule has 0 fully saturated rings. The van der Waals surface area contributed by atoms with Crippen molar-refractivity contribution in [2.45, 2.75) is 27.2 Å². The molecule has 2 atom stereocenters. The van der Waals surface area contributed by atoms with Crippen LogP contribution in [0.5, 0.6) is 0 Å². The van der Waals surface area contributed by atoms with Crippen LogP contribution in [0.3, 0.4) is 0 Å². The smallest absolute Gasteiger partial charge is 0.0347 e. The third kappa shape index (κ3) is 2.60. The maximum absolute atomic E-state index is 3.89. The van der Waals surface area contributed by atoms with Crippen molar-refractivity contribution in [2.24, 2.45) is 11.8 Å². The van der Waals surface area contributed by atoms with E-state index in [0.29, 0.717) is 11.8 Å². The van der Waals surface area contributed by atoms with Gasteiger partial charge in [-0.15, -0.1) is 0 Å². The van der Waals surface area contributed by atoms with E-state index in [2.05, 4.69) is 56.1 Å². The number of nitrogens with one attached hydrogen (secondary N) is 1. The first-order chi connectivity index (χ1) is 8.10. The van der Waals surface area contributed by atoms with Gasteiger partial charge in [0.25, 0.3) is 0 Å². The molecule has 0 aromatic heterocycles. The maximum Gasteiger partial charge on any atom is 0.0347 e. The minimum absolute atomic E-state index is 0.511. The van der Waals surface area contributed by atoms with Crippen molar-refractivity contribution in [1.29, 1.82) is 0 Å². The summed E-state index contributed by atoms with van der Waals surface area (Å²) in [4.78, 5) is 0. The second-order valence-corrected chi connectivity index (χ2v) is 4.99. The fourth-order valence-electron chi connectivity index (χ4n) is 2.50. The van der Waals surface area contributed by atoms with E-state index in [1.54, 1.807) is 0 Å². The van der Waals surface area contributed by atoms with Gasteiger partial charge in [-0.25, -0.2) is 0 Å². The van der Waals surface area contributed by atoms with Gasteiger partial charge in [0.15, 0.2) is 0 Å². The van der Waals surface area contributed by atoms with Crippen molar-refractivity contribution in [1.82, 2.24) is 5.32 Å². The molecular formula is C16H21N. The molecule has 2 aliphatic rings. The fourth-order valence-corrected chi connectivity index (χ4v) is 2.50. The predicted molar refractivity (Wildman–Crippen MR) is 74.3 cm³/mol. The molecule has 0 aromatic carbocycles. The van der Waals surface area contributed by atoms with E-state index in [1.807, 2.05) is 6.92 Å². The monoisotopic (exact) mass is 227 g/mol. The van der Waals surface area contributed by atoms with Crippen molar-refractivity contribution >= 4 is 0 Å². The summed E-state index contributed by atoms with van der Waals surface area (Å²) < 4.78 is 0. The first-order valence-electron chi connectivity index (χ1n) is 6.35. The van der Waals surface area contributed by atoms with Gasteiger partial charge in [0.2, 0.25) is 0 Å². The molecule has 2 rings (SSSR count). The Balaban J connectivity index is 2.23. The Kier molecular flexibility index (Phi) is 3.37. The maximum atomic E-state index is 3.89. The average molecular weight is 227 g/mol. The molecule has 0 saturated carbocycles. The van der Waals surface area contributed by atoms with Gasteiger partial charge in [0.05, 0.1) is 0 Å². The molecule has 90 valence electrons. The van der Waals surface area contributed by atoms with E-state index in [4.69, 9.17) is 0 Å². The average Bonchev–Trinajstić information content (AvgIpc) is 2.29. The molecule has 0 spiro atoms. The molecule has 0 heterocycles. The molecule has 0 aliphatic heterocycles. The van der Waals surface area contributed by atoms with E-state index in [1.165, 1.54) is 16.8 Å². The lowest BCUT2D eigenvalue weighted by Crippen LogP contribution is -2.20. The van der Waals surface area contributed by atoms with Gasteiger partial charge in [-0.3, -0.25) is 0 Å². The molecule has 1 N–H and O–H groups in total. The number of fused-ring (bicyclic) bond motifs is 1. The van der Waals surface area contributed by atoms with E-state index in [9.17, 15) is 0 Å². The van der Waals surface area contributed by atoms with Crippen LogP contribution in [0.4, 0.5) is 0 Å². The van der Waals surface area contributed by atoms with E-state index >= 15 is 0 Å². The molecule has 1 nitrogen and oxygen atoms in total. The van der Waals surface area contributed by atoms with Crippen molar-refractivity contribution in [3.05, 3.63) is 59.5 Å². The highest BCUT2D eigenvalue weighted by atomic mass is 14.9. The van der Waals surface area contributed by atoms with Gasteiger partial charge < -0.3 is 5.32 Å². The number of rotatable bonds is 3. The Bertz CT molecular complexity index is 446. The molecule has 0 bridgehead atoms. The summed E-state index contributed by atoms with van der Waals surface area (Å²) in [7, 11) is 0. The Hall–Kier alpha value is -1.50. The van der Waals surface area contributed by atoms with Gasteiger partial charge >= 0.3 is 0 Å². The largest absolute Gasteiger partial charge is 0.360 e. The topological polar surface area (TPSA) is 12.0 Å². The van der Waals surface area contributed by atoms with Crippen LogP contribution in [0.25, 0.3) is 0 Å². The highest BCUT2D eigenvalue weighted by Crippen LogP contribution is 2.35. The molecule has 0 aromatic rings. The molecule has 2 unspecified atom stereocenters. The molecule has 0 saturated heterocycles. The molecule has 1 heteroatoms. The van der Waals surface area contributed by atoms with E-state index < -0.39 is 0 Å². The zero-order valence-corrected chi connectivity index (χ0v) is 11.0. The summed E-state index contributed by atoms with van der Waals surface area (Å²) >= 11 is 0. The van der Waals surface area contributed by atoms with Gasteiger partial charge in [-0.05, 0) is 30.9 Å². The van der Waals surface area contributed by atoms with Crippen LogP contribution in [0.1, 0.15) is 27.2 Å².